The van der Waals surface area contributed by atoms with Gasteiger partial charge < -0.3 is 34.7 Å². The molecule has 2 unspecified atom stereocenters. The number of piperidine rings is 1. The fourth-order valence-corrected chi connectivity index (χ4v) is 8.91. The van der Waals surface area contributed by atoms with Crippen LogP contribution in [0.3, 0.4) is 0 Å². The van der Waals surface area contributed by atoms with Crippen molar-refractivity contribution in [3.8, 4) is 0 Å². The molecule has 3 fully saturated rings. The van der Waals surface area contributed by atoms with Crippen LogP contribution in [-0.2, 0) is 28.6 Å². The van der Waals surface area contributed by atoms with Crippen LogP contribution in [0.5, 0.6) is 0 Å². The maximum atomic E-state index is 13.0. The van der Waals surface area contributed by atoms with Crippen molar-refractivity contribution in [1.29, 1.82) is 5.41 Å². The lowest BCUT2D eigenvalue weighted by Gasteiger charge is -2.33. The molecule has 2 aliphatic heterocycles. The van der Waals surface area contributed by atoms with Gasteiger partial charge in [0.15, 0.2) is 0 Å². The highest BCUT2D eigenvalue weighted by atomic mass is 16.5. The van der Waals surface area contributed by atoms with Gasteiger partial charge >= 0.3 is 0 Å². The Balaban J connectivity index is 1.34. The average Bonchev–Trinajstić information content (AvgIpc) is 3.21. The average molecular weight is 799 g/mol. The van der Waals surface area contributed by atoms with Gasteiger partial charge in [-0.2, -0.15) is 0 Å². The second kappa shape index (κ2) is 26.4. The number of aliphatic hydroxyl groups excluding tert-OH is 2. The van der Waals surface area contributed by atoms with Crippen LogP contribution < -0.4 is 0 Å². The molecule has 3 rings (SSSR count). The fraction of sp³-hybridized carbons (Fsp3) is 0.787. The number of methoxy groups -OCH3 is 1. The first-order chi connectivity index (χ1) is 27.3. The van der Waals surface area contributed by atoms with Crippen LogP contribution in [-0.4, -0.2) is 95.8 Å². The predicted octanol–water partition coefficient (Wildman–Crippen LogP) is 8.86. The molecule has 3 N–H and O–H groups in total. The molecule has 10 heteroatoms. The summed E-state index contributed by atoms with van der Waals surface area (Å²) in [7, 11) is 1.70. The number of likely N-dealkylation sites (tertiary alicyclic amines) is 1. The Hall–Kier alpha value is -2.66. The Morgan fingerprint density at radius 2 is 1.65 bits per heavy atom. The van der Waals surface area contributed by atoms with E-state index in [9.17, 15) is 24.6 Å². The van der Waals surface area contributed by atoms with Gasteiger partial charge in [-0.1, -0.05) is 45.1 Å². The Morgan fingerprint density at radius 3 is 2.33 bits per heavy atom. The lowest BCUT2D eigenvalue weighted by atomic mass is 9.83. The van der Waals surface area contributed by atoms with Gasteiger partial charge in [0, 0.05) is 38.8 Å². The van der Waals surface area contributed by atoms with Gasteiger partial charge in [-0.3, -0.25) is 14.4 Å². The number of nitrogens with one attached hydrogen (secondary N) is 1. The molecule has 1 amide bonds. The maximum absolute atomic E-state index is 13.0. The molecule has 1 saturated carbocycles. The lowest BCUT2D eigenvalue weighted by Crippen LogP contribution is -2.46. The molecule has 0 aromatic rings. The van der Waals surface area contributed by atoms with Gasteiger partial charge in [-0.05, 0) is 158 Å². The first-order valence-electron chi connectivity index (χ1n) is 22.4. The molecule has 57 heavy (non-hydrogen) atoms. The van der Waals surface area contributed by atoms with Gasteiger partial charge in [0.2, 0.25) is 5.78 Å². The van der Waals surface area contributed by atoms with E-state index in [-0.39, 0.29) is 42.2 Å². The minimum Gasteiger partial charge on any atom is -0.465 e. The van der Waals surface area contributed by atoms with Crippen molar-refractivity contribution < 1.29 is 38.8 Å². The summed E-state index contributed by atoms with van der Waals surface area (Å²) in [5.41, 5.74) is 2.55. The standard InChI is InChI=1S/C47H78N2O8/c1-33(14-9-7-10-15-35(3)45(55-6)30-41-16-13-17-44(57-41)46(53)47(54)49-26-11-8-12-27-49)28-36(4)42(48)31-43(52)37(5)29-34(2)18-24-40(56-32-50)25-21-38-19-22-39(51)23-20-38/h7,10,15,29,32-34,36,38-41,43-45,48,51-52H,8-9,11-14,16-28,30-31H2,1-6H3/b10-7+,35-15+,37-29+,48-42?/t33-,34+,36-,38?,39?,40+,41?,43+,44?,45+/m1/s1. The lowest BCUT2D eigenvalue weighted by molar-refractivity contribution is -0.157. The summed E-state index contributed by atoms with van der Waals surface area (Å²) in [6.07, 6.45) is 23.0. The molecule has 3 aliphatic rings. The molecule has 10 nitrogen and oxygen atoms in total. The van der Waals surface area contributed by atoms with Crippen LogP contribution in [0.2, 0.25) is 0 Å². The van der Waals surface area contributed by atoms with Gasteiger partial charge in [-0.25, -0.2) is 0 Å². The van der Waals surface area contributed by atoms with Crippen molar-refractivity contribution in [2.24, 2.45) is 23.7 Å². The molecule has 0 aromatic carbocycles. The summed E-state index contributed by atoms with van der Waals surface area (Å²) >= 11 is 0. The molecular weight excluding hydrogens is 721 g/mol. The van der Waals surface area contributed by atoms with Crippen LogP contribution in [0.4, 0.5) is 0 Å². The Labute approximate surface area is 344 Å². The topological polar surface area (TPSA) is 146 Å². The number of amides is 1. The van der Waals surface area contributed by atoms with Crippen LogP contribution in [0, 0.1) is 29.1 Å². The SMILES string of the molecule is CO[C@@H](CC1CCCC(C(=O)C(=O)N2CCCCC2)O1)/C(C)=C/C=C/CC[C@@H](C)C[C@@H](C)C(=N)C[C@H](O)/C(C)=C/[C@@H](C)CC[C@@H](CCC1CCC(O)CC1)OC=O. The summed E-state index contributed by atoms with van der Waals surface area (Å²) in [4.78, 5) is 38.6. The number of nitrogens with zero attached hydrogens (tertiary/aromatic N) is 1. The highest BCUT2D eigenvalue weighted by molar-refractivity contribution is 6.37. The number of carbonyl (C=O) groups excluding carboxylic acids is 3. The van der Waals surface area contributed by atoms with Crippen molar-refractivity contribution in [3.63, 3.8) is 0 Å². The quantitative estimate of drug-likeness (QED) is 0.0273. The molecule has 0 radical (unpaired) electrons. The number of aliphatic hydroxyl groups is 2. The summed E-state index contributed by atoms with van der Waals surface area (Å²) in [5, 5.41) is 29.5. The van der Waals surface area contributed by atoms with Crippen LogP contribution in [0.25, 0.3) is 0 Å². The number of ether oxygens (including phenoxy) is 3. The van der Waals surface area contributed by atoms with E-state index in [1.165, 1.54) is 0 Å². The zero-order valence-corrected chi connectivity index (χ0v) is 36.3. The molecule has 2 heterocycles. The zero-order valence-electron chi connectivity index (χ0n) is 36.3. The van der Waals surface area contributed by atoms with E-state index in [0.29, 0.717) is 56.4 Å². The van der Waals surface area contributed by atoms with Crippen LogP contribution >= 0.6 is 0 Å². The summed E-state index contributed by atoms with van der Waals surface area (Å²) < 4.78 is 17.4. The molecule has 0 spiro atoms. The fourth-order valence-electron chi connectivity index (χ4n) is 8.91. The van der Waals surface area contributed by atoms with Gasteiger partial charge in [0.05, 0.1) is 24.4 Å². The third kappa shape index (κ3) is 18.0. The van der Waals surface area contributed by atoms with E-state index in [0.717, 1.165) is 114 Å². The van der Waals surface area contributed by atoms with Crippen molar-refractivity contribution in [1.82, 2.24) is 4.90 Å². The third-order valence-electron chi connectivity index (χ3n) is 12.8. The molecule has 1 aliphatic carbocycles. The number of allylic oxidation sites excluding steroid dienone is 4. The summed E-state index contributed by atoms with van der Waals surface area (Å²) in [5.74, 6) is 0.553. The zero-order chi connectivity index (χ0) is 41.7. The minimum atomic E-state index is -0.683. The van der Waals surface area contributed by atoms with Crippen LogP contribution in [0.1, 0.15) is 157 Å². The van der Waals surface area contributed by atoms with E-state index >= 15 is 0 Å². The van der Waals surface area contributed by atoms with Crippen LogP contribution in [0.15, 0.2) is 35.5 Å². The number of ketones is 1. The van der Waals surface area contributed by atoms with E-state index in [1.54, 1.807) is 12.0 Å². The number of rotatable bonds is 25. The van der Waals surface area contributed by atoms with Gasteiger partial charge in [-0.15, -0.1) is 0 Å². The van der Waals surface area contributed by atoms with Crippen molar-refractivity contribution in [2.75, 3.05) is 20.2 Å². The second-order valence-corrected chi connectivity index (χ2v) is 17.8. The summed E-state index contributed by atoms with van der Waals surface area (Å²) in [6.45, 7) is 12.3. The number of Topliss-reactive ketones (excluding diaryl/α,β-unsaturated/α-hetero) is 1. The van der Waals surface area contributed by atoms with E-state index < -0.39 is 18.0 Å². The van der Waals surface area contributed by atoms with E-state index in [4.69, 9.17) is 19.6 Å². The minimum absolute atomic E-state index is 0.0851. The van der Waals surface area contributed by atoms with Gasteiger partial charge in [0.25, 0.3) is 12.4 Å². The number of hydrogen-bond donors (Lipinski definition) is 3. The molecule has 8 atom stereocenters. The predicted molar refractivity (Wildman–Crippen MR) is 227 cm³/mol. The van der Waals surface area contributed by atoms with Crippen molar-refractivity contribution in [2.45, 2.75) is 193 Å². The maximum Gasteiger partial charge on any atom is 0.293 e. The first kappa shape index (κ1) is 48.7. The highest BCUT2D eigenvalue weighted by Crippen LogP contribution is 2.30. The third-order valence-corrected chi connectivity index (χ3v) is 12.8. The molecule has 0 bridgehead atoms. The Morgan fingerprint density at radius 1 is 0.930 bits per heavy atom. The smallest absolute Gasteiger partial charge is 0.293 e. The normalized spacial score (nSPS) is 25.6. The van der Waals surface area contributed by atoms with Crippen molar-refractivity contribution in [3.05, 3.63) is 35.5 Å². The van der Waals surface area contributed by atoms with E-state index in [1.807, 2.05) is 6.92 Å². The monoisotopic (exact) mass is 799 g/mol. The number of hydrogen-bond acceptors (Lipinski definition) is 9. The second-order valence-electron chi connectivity index (χ2n) is 17.8. The largest absolute Gasteiger partial charge is 0.465 e. The van der Waals surface area contributed by atoms with Crippen molar-refractivity contribution >= 4 is 23.9 Å². The van der Waals surface area contributed by atoms with E-state index in [2.05, 4.69) is 52.0 Å². The summed E-state index contributed by atoms with van der Waals surface area (Å²) in [6, 6.07) is 0. The molecule has 324 valence electrons. The first-order valence-corrected chi connectivity index (χ1v) is 22.4. The number of carbonyl (C=O) groups is 3. The Kier molecular flexibility index (Phi) is 22.6. The highest BCUT2D eigenvalue weighted by Gasteiger charge is 2.35. The molecule has 0 aromatic heterocycles. The molecule has 2 saturated heterocycles. The molecular formula is C47H78N2O8. The Bertz CT molecular complexity index is 1310. The van der Waals surface area contributed by atoms with Gasteiger partial charge in [0.1, 0.15) is 12.2 Å².